The number of aromatic nitrogens is 7. The van der Waals surface area contributed by atoms with Crippen LogP contribution in [0.25, 0.3) is 5.82 Å². The van der Waals surface area contributed by atoms with E-state index in [1.807, 2.05) is 0 Å². The van der Waals surface area contributed by atoms with Gasteiger partial charge in [0.1, 0.15) is 24.3 Å². The van der Waals surface area contributed by atoms with Crippen LogP contribution in [0.3, 0.4) is 0 Å². The number of hydrogen-bond donors (Lipinski definition) is 2. The lowest BCUT2D eigenvalue weighted by Gasteiger charge is -2.10. The van der Waals surface area contributed by atoms with Gasteiger partial charge in [-0.2, -0.15) is 5.10 Å². The highest BCUT2D eigenvalue weighted by atomic mass is 32.2. The quantitative estimate of drug-likeness (QED) is 0.443. The number of nitrogens with zero attached hydrogens (tertiary/aromatic N) is 7. The van der Waals surface area contributed by atoms with Crippen LogP contribution in [0.2, 0.25) is 0 Å². The fourth-order valence-electron chi connectivity index (χ4n) is 2.77. The number of benzene rings is 1. The van der Waals surface area contributed by atoms with E-state index in [1.165, 1.54) is 53.7 Å². The lowest BCUT2D eigenvalue weighted by atomic mass is 10.3. The second kappa shape index (κ2) is 8.47. The summed E-state index contributed by atoms with van der Waals surface area (Å²) in [5, 5.41) is 14.4. The van der Waals surface area contributed by atoms with E-state index >= 15 is 0 Å². The molecule has 1 aromatic carbocycles. The Morgan fingerprint density at radius 1 is 1.00 bits per heavy atom. The van der Waals surface area contributed by atoms with Gasteiger partial charge in [0.15, 0.2) is 11.5 Å². The van der Waals surface area contributed by atoms with E-state index in [9.17, 15) is 13.2 Å². The van der Waals surface area contributed by atoms with Gasteiger partial charge in [-0.05, 0) is 50.2 Å². The second-order valence-corrected chi connectivity index (χ2v) is 8.33. The van der Waals surface area contributed by atoms with E-state index in [0.717, 1.165) is 0 Å². The predicted octanol–water partition coefficient (Wildman–Crippen LogP) is 1.52. The molecule has 0 saturated heterocycles. The molecule has 0 saturated carbocycles. The van der Waals surface area contributed by atoms with Crippen LogP contribution < -0.4 is 10.0 Å². The van der Waals surface area contributed by atoms with Crippen LogP contribution in [-0.4, -0.2) is 49.3 Å². The number of nitrogens with one attached hydrogen (secondary N) is 2. The summed E-state index contributed by atoms with van der Waals surface area (Å²) in [6.07, 6.45) is 2.82. The summed E-state index contributed by atoms with van der Waals surface area (Å²) in [4.78, 5) is 24.4. The van der Waals surface area contributed by atoms with E-state index in [1.54, 1.807) is 19.9 Å². The molecule has 0 spiro atoms. The van der Waals surface area contributed by atoms with Crippen molar-refractivity contribution in [3.8, 4) is 5.82 Å². The molecule has 12 nitrogen and oxygen atoms in total. The summed E-state index contributed by atoms with van der Waals surface area (Å²) in [5.41, 5.74) is 1.12. The molecule has 0 aliphatic carbocycles. The van der Waals surface area contributed by atoms with Gasteiger partial charge in [0.25, 0.3) is 15.9 Å². The molecule has 3 heterocycles. The largest absolute Gasteiger partial charge is 0.321 e. The maximum absolute atomic E-state index is 12.6. The molecule has 0 aliphatic rings. The third-order valence-electron chi connectivity index (χ3n) is 4.16. The highest BCUT2D eigenvalue weighted by Crippen LogP contribution is 2.18. The van der Waals surface area contributed by atoms with Crippen LogP contribution in [0.5, 0.6) is 0 Å². The number of hydrogen-bond acceptors (Lipinski definition) is 9. The van der Waals surface area contributed by atoms with Crippen molar-refractivity contribution in [2.75, 3.05) is 10.0 Å². The van der Waals surface area contributed by atoms with Crippen molar-refractivity contribution in [3.05, 3.63) is 72.3 Å². The molecule has 0 atom stereocenters. The number of aryl methyl sites for hydroxylation is 2. The van der Waals surface area contributed by atoms with Crippen molar-refractivity contribution < 1.29 is 13.2 Å². The third-order valence-corrected chi connectivity index (χ3v) is 5.53. The van der Waals surface area contributed by atoms with Crippen LogP contribution in [0.1, 0.15) is 22.0 Å². The Morgan fingerprint density at radius 2 is 1.78 bits per heavy atom. The molecule has 0 radical (unpaired) electrons. The molecule has 0 aliphatic heterocycles. The Labute approximate surface area is 182 Å². The molecule has 4 rings (SSSR count). The predicted molar refractivity (Wildman–Crippen MR) is 114 cm³/mol. The molecule has 0 unspecified atom stereocenters. The molecule has 32 heavy (non-hydrogen) atoms. The fourth-order valence-corrected chi connectivity index (χ4v) is 3.77. The fraction of sp³-hybridized carbons (Fsp3) is 0.105. The minimum absolute atomic E-state index is 0.0152. The minimum Gasteiger partial charge on any atom is -0.321 e. The Bertz CT molecular complexity index is 1330. The van der Waals surface area contributed by atoms with Gasteiger partial charge in [0.05, 0.1) is 4.90 Å². The van der Waals surface area contributed by atoms with E-state index in [0.29, 0.717) is 23.0 Å². The van der Waals surface area contributed by atoms with Crippen LogP contribution >= 0.6 is 0 Å². The van der Waals surface area contributed by atoms with Crippen molar-refractivity contribution in [1.29, 1.82) is 0 Å². The van der Waals surface area contributed by atoms with Gasteiger partial charge in [0, 0.05) is 17.4 Å². The molecular weight excluding hydrogens is 434 g/mol. The highest BCUT2D eigenvalue weighted by Gasteiger charge is 2.16. The molecule has 3 aromatic heterocycles. The summed E-state index contributed by atoms with van der Waals surface area (Å²) >= 11 is 0. The first-order chi connectivity index (χ1) is 15.3. The van der Waals surface area contributed by atoms with Gasteiger partial charge in [0.2, 0.25) is 0 Å². The van der Waals surface area contributed by atoms with Crippen molar-refractivity contribution in [2.24, 2.45) is 0 Å². The van der Waals surface area contributed by atoms with E-state index < -0.39 is 15.9 Å². The molecule has 162 valence electrons. The zero-order valence-electron chi connectivity index (χ0n) is 17.0. The first-order valence-electron chi connectivity index (χ1n) is 9.25. The lowest BCUT2D eigenvalue weighted by molar-refractivity contribution is 0.102. The van der Waals surface area contributed by atoms with Gasteiger partial charge in [-0.25, -0.2) is 28.1 Å². The smallest absolute Gasteiger partial charge is 0.276 e. The Hall–Kier alpha value is -4.26. The van der Waals surface area contributed by atoms with Gasteiger partial charge in [-0.1, -0.05) is 0 Å². The first kappa shape index (κ1) is 21.0. The van der Waals surface area contributed by atoms with Crippen LogP contribution in [0.15, 0.2) is 60.0 Å². The molecule has 0 bridgehead atoms. The normalized spacial score (nSPS) is 11.2. The lowest BCUT2D eigenvalue weighted by Crippen LogP contribution is -2.16. The molecular formula is C19H17N9O3S. The maximum Gasteiger partial charge on any atom is 0.276 e. The molecule has 4 aromatic rings. The van der Waals surface area contributed by atoms with Crippen molar-refractivity contribution in [3.63, 3.8) is 0 Å². The number of rotatable bonds is 6. The molecule has 1 amide bonds. The molecule has 0 fully saturated rings. The summed E-state index contributed by atoms with van der Waals surface area (Å²) in [7, 11) is -3.86. The van der Waals surface area contributed by atoms with Gasteiger partial charge >= 0.3 is 0 Å². The topological polar surface area (TPSA) is 158 Å². The Morgan fingerprint density at radius 3 is 2.41 bits per heavy atom. The summed E-state index contributed by atoms with van der Waals surface area (Å²) in [6, 6.07) is 10.3. The second-order valence-electron chi connectivity index (χ2n) is 6.64. The summed E-state index contributed by atoms with van der Waals surface area (Å²) in [5.74, 6) is 0.553. The zero-order valence-corrected chi connectivity index (χ0v) is 17.8. The zero-order chi connectivity index (χ0) is 22.7. The first-order valence-corrected chi connectivity index (χ1v) is 10.7. The SMILES string of the molecule is Cc1cc(NS(=O)(=O)c2ccc(NC(=O)c3ccc(-n4cncn4)nn3)cc2)nc(C)n1. The van der Waals surface area contributed by atoms with Gasteiger partial charge in [-0.3, -0.25) is 9.52 Å². The van der Waals surface area contributed by atoms with Gasteiger partial charge in [-0.15, -0.1) is 10.2 Å². The maximum atomic E-state index is 12.6. The number of anilines is 2. The number of sulfonamides is 1. The van der Waals surface area contributed by atoms with Crippen LogP contribution in [-0.2, 0) is 10.0 Å². The average molecular weight is 451 g/mol. The number of carbonyl (C=O) groups excluding carboxylic acids is 1. The molecule has 2 N–H and O–H groups in total. The third kappa shape index (κ3) is 4.73. The Kier molecular flexibility index (Phi) is 5.55. The van der Waals surface area contributed by atoms with E-state index in [4.69, 9.17) is 0 Å². The standard InChI is InChI=1S/C19H17N9O3S/c1-12-9-17(23-13(2)22-12)27-32(30,31)15-5-3-14(4-6-15)24-19(29)16-7-8-18(26-25-16)28-11-20-10-21-28/h3-11H,1-2H3,(H,24,29)(H,22,23,27). The van der Waals surface area contributed by atoms with Gasteiger partial charge < -0.3 is 5.32 Å². The minimum atomic E-state index is -3.86. The Balaban J connectivity index is 1.44. The van der Waals surface area contributed by atoms with Crippen molar-refractivity contribution in [1.82, 2.24) is 34.9 Å². The number of carbonyl (C=O) groups is 1. The van der Waals surface area contributed by atoms with Crippen LogP contribution in [0, 0.1) is 13.8 Å². The monoisotopic (exact) mass is 451 g/mol. The van der Waals surface area contributed by atoms with E-state index in [-0.39, 0.29) is 16.4 Å². The average Bonchev–Trinajstić information content (AvgIpc) is 3.28. The summed E-state index contributed by atoms with van der Waals surface area (Å²) in [6.45, 7) is 3.42. The number of amides is 1. The summed E-state index contributed by atoms with van der Waals surface area (Å²) < 4.78 is 29.1. The highest BCUT2D eigenvalue weighted by molar-refractivity contribution is 7.92. The molecule has 13 heteroatoms. The van der Waals surface area contributed by atoms with E-state index in [2.05, 4.69) is 40.3 Å². The van der Waals surface area contributed by atoms with Crippen LogP contribution in [0.4, 0.5) is 11.5 Å². The van der Waals surface area contributed by atoms with Crippen molar-refractivity contribution in [2.45, 2.75) is 18.7 Å². The van der Waals surface area contributed by atoms with Crippen molar-refractivity contribution >= 4 is 27.4 Å².